The fourth-order valence-corrected chi connectivity index (χ4v) is 3.78. The SMILES string of the molecule is CO[C@H]1CN(C(C)=O)CCCN(CC(=O)Nc2cnn(C)c2C)CCCCOC[C@H](O)[C@@H]1O. The van der Waals surface area contributed by atoms with Crippen molar-refractivity contribution in [1.29, 1.82) is 0 Å². The Kier molecular flexibility index (Phi) is 11.2. The first-order chi connectivity index (χ1) is 15.7. The lowest BCUT2D eigenvalue weighted by Gasteiger charge is -2.31. The lowest BCUT2D eigenvalue weighted by atomic mass is 10.1. The molecule has 11 heteroatoms. The molecule has 2 amide bonds. The number of ether oxygens (including phenoxy) is 2. The maximum absolute atomic E-state index is 12.6. The summed E-state index contributed by atoms with van der Waals surface area (Å²) < 4.78 is 12.6. The van der Waals surface area contributed by atoms with Gasteiger partial charge in [-0.05, 0) is 32.7 Å². The van der Waals surface area contributed by atoms with E-state index in [-0.39, 0.29) is 31.5 Å². The van der Waals surface area contributed by atoms with Crippen molar-refractivity contribution in [3.8, 4) is 0 Å². The molecule has 0 aromatic carbocycles. The first-order valence-corrected chi connectivity index (χ1v) is 11.5. The Balaban J connectivity index is 2.02. The van der Waals surface area contributed by atoms with Gasteiger partial charge in [-0.1, -0.05) is 0 Å². The second kappa shape index (κ2) is 13.6. The Labute approximate surface area is 195 Å². The van der Waals surface area contributed by atoms with E-state index in [1.165, 1.54) is 14.0 Å². The summed E-state index contributed by atoms with van der Waals surface area (Å²) >= 11 is 0. The van der Waals surface area contributed by atoms with Crippen LogP contribution in [0, 0.1) is 6.92 Å². The molecule has 2 heterocycles. The number of hydrogen-bond acceptors (Lipinski definition) is 8. The molecule has 1 aliphatic heterocycles. The van der Waals surface area contributed by atoms with E-state index in [0.29, 0.717) is 38.3 Å². The highest BCUT2D eigenvalue weighted by Gasteiger charge is 2.29. The summed E-state index contributed by atoms with van der Waals surface area (Å²) in [5.41, 5.74) is 1.58. The van der Waals surface area contributed by atoms with E-state index < -0.39 is 18.3 Å². The molecule has 0 bridgehead atoms. The summed E-state index contributed by atoms with van der Waals surface area (Å²) in [6.45, 7) is 5.96. The highest BCUT2D eigenvalue weighted by Crippen LogP contribution is 2.13. The number of aliphatic hydroxyl groups excluding tert-OH is 2. The van der Waals surface area contributed by atoms with Crippen molar-refractivity contribution >= 4 is 17.5 Å². The Hall–Kier alpha value is -2.05. The molecule has 1 aromatic heterocycles. The van der Waals surface area contributed by atoms with Crippen molar-refractivity contribution in [3.63, 3.8) is 0 Å². The van der Waals surface area contributed by atoms with Crippen molar-refractivity contribution in [2.24, 2.45) is 7.05 Å². The van der Waals surface area contributed by atoms with Crippen molar-refractivity contribution in [3.05, 3.63) is 11.9 Å². The minimum Gasteiger partial charge on any atom is -0.388 e. The highest BCUT2D eigenvalue weighted by atomic mass is 16.5. The summed E-state index contributed by atoms with van der Waals surface area (Å²) in [5.74, 6) is -0.259. The van der Waals surface area contributed by atoms with Crippen molar-refractivity contribution in [1.82, 2.24) is 19.6 Å². The van der Waals surface area contributed by atoms with E-state index in [2.05, 4.69) is 15.3 Å². The van der Waals surface area contributed by atoms with Crippen LogP contribution in [0.2, 0.25) is 0 Å². The number of carbonyl (C=O) groups is 2. The number of aryl methyl sites for hydroxylation is 1. The third kappa shape index (κ3) is 8.67. The Morgan fingerprint density at radius 3 is 2.61 bits per heavy atom. The number of amides is 2. The Bertz CT molecular complexity index is 758. The second-order valence-electron chi connectivity index (χ2n) is 8.52. The number of carbonyl (C=O) groups excluding carboxylic acids is 2. The van der Waals surface area contributed by atoms with E-state index in [0.717, 1.165) is 18.5 Å². The fourth-order valence-electron chi connectivity index (χ4n) is 3.78. The van der Waals surface area contributed by atoms with Gasteiger partial charge in [0.1, 0.15) is 18.3 Å². The first-order valence-electron chi connectivity index (χ1n) is 11.5. The standard InChI is InChI=1S/C22H39N5O6/c1-16-18(12-23-25(16)3)24-21(30)14-26-8-5-6-11-33-15-19(29)22(31)20(32-4)13-27(17(2)28)10-7-9-26/h12,19-20,22,29,31H,5-11,13-15H2,1-4H3,(H,24,30)/t19-,20-,22-/m0/s1. The van der Waals surface area contributed by atoms with Crippen LogP contribution in [0.3, 0.4) is 0 Å². The van der Waals surface area contributed by atoms with Crippen LogP contribution < -0.4 is 5.32 Å². The van der Waals surface area contributed by atoms with Crippen LogP contribution in [0.5, 0.6) is 0 Å². The lowest BCUT2D eigenvalue weighted by Crippen LogP contribution is -2.48. The predicted molar refractivity (Wildman–Crippen MR) is 123 cm³/mol. The van der Waals surface area contributed by atoms with Gasteiger partial charge >= 0.3 is 0 Å². The molecule has 0 radical (unpaired) electrons. The second-order valence-corrected chi connectivity index (χ2v) is 8.52. The molecule has 0 aliphatic carbocycles. The number of anilines is 1. The van der Waals surface area contributed by atoms with Crippen molar-refractivity contribution in [2.45, 2.75) is 51.4 Å². The molecule has 1 saturated heterocycles. The number of nitrogens with zero attached hydrogens (tertiary/aromatic N) is 4. The minimum absolute atomic E-state index is 0.0162. The Morgan fingerprint density at radius 2 is 1.97 bits per heavy atom. The maximum Gasteiger partial charge on any atom is 0.238 e. The van der Waals surface area contributed by atoms with Crippen LogP contribution in [0.15, 0.2) is 6.20 Å². The molecule has 0 saturated carbocycles. The average molecular weight is 470 g/mol. The topological polar surface area (TPSA) is 129 Å². The van der Waals surface area contributed by atoms with Crippen LogP contribution in [0.1, 0.15) is 31.9 Å². The van der Waals surface area contributed by atoms with Crippen molar-refractivity contribution in [2.75, 3.05) is 58.4 Å². The quantitative estimate of drug-likeness (QED) is 0.551. The highest BCUT2D eigenvalue weighted by molar-refractivity contribution is 5.92. The summed E-state index contributed by atoms with van der Waals surface area (Å²) in [4.78, 5) is 28.5. The molecule has 3 N–H and O–H groups in total. The zero-order chi connectivity index (χ0) is 24.4. The number of nitrogens with one attached hydrogen (secondary N) is 1. The third-order valence-electron chi connectivity index (χ3n) is 6.00. The van der Waals surface area contributed by atoms with Gasteiger partial charge in [-0.2, -0.15) is 5.10 Å². The number of rotatable bonds is 4. The summed E-state index contributed by atoms with van der Waals surface area (Å²) in [6, 6.07) is 0. The van der Waals surface area contributed by atoms with E-state index in [1.54, 1.807) is 15.8 Å². The average Bonchev–Trinajstić information content (AvgIpc) is 3.08. The number of methoxy groups -OCH3 is 1. The van der Waals surface area contributed by atoms with Gasteiger partial charge in [-0.25, -0.2) is 0 Å². The summed E-state index contributed by atoms with van der Waals surface area (Å²) in [5, 5.41) is 27.7. The molecular weight excluding hydrogens is 430 g/mol. The molecule has 1 aromatic rings. The molecule has 0 unspecified atom stereocenters. The van der Waals surface area contributed by atoms with Crippen LogP contribution in [-0.2, 0) is 26.1 Å². The lowest BCUT2D eigenvalue weighted by molar-refractivity contribution is -0.136. The third-order valence-corrected chi connectivity index (χ3v) is 6.00. The first kappa shape index (κ1) is 27.2. The van der Waals surface area contributed by atoms with Gasteiger partial charge in [-0.3, -0.25) is 19.2 Å². The smallest absolute Gasteiger partial charge is 0.238 e. The van der Waals surface area contributed by atoms with E-state index >= 15 is 0 Å². The molecule has 2 rings (SSSR count). The number of aliphatic hydroxyl groups is 2. The van der Waals surface area contributed by atoms with Crippen molar-refractivity contribution < 1.29 is 29.3 Å². The normalized spacial score (nSPS) is 24.7. The largest absolute Gasteiger partial charge is 0.388 e. The van der Waals surface area contributed by atoms with E-state index in [1.807, 2.05) is 14.0 Å². The molecule has 3 atom stereocenters. The van der Waals surface area contributed by atoms with Gasteiger partial charge in [-0.15, -0.1) is 0 Å². The molecular formula is C22H39N5O6. The van der Waals surface area contributed by atoms with Crippen LogP contribution in [-0.4, -0.2) is 113 Å². The molecule has 33 heavy (non-hydrogen) atoms. The minimum atomic E-state index is -1.17. The fraction of sp³-hybridized carbons (Fsp3) is 0.773. The van der Waals surface area contributed by atoms with Crippen LogP contribution in [0.25, 0.3) is 0 Å². The monoisotopic (exact) mass is 469 g/mol. The molecule has 1 fully saturated rings. The van der Waals surface area contributed by atoms with Gasteiger partial charge in [0.05, 0.1) is 30.7 Å². The summed E-state index contributed by atoms with van der Waals surface area (Å²) in [7, 11) is 3.27. The molecule has 188 valence electrons. The number of aromatic nitrogens is 2. The van der Waals surface area contributed by atoms with E-state index in [9.17, 15) is 19.8 Å². The van der Waals surface area contributed by atoms with Crippen LogP contribution in [0.4, 0.5) is 5.69 Å². The van der Waals surface area contributed by atoms with Gasteiger partial charge in [0, 0.05) is 47.3 Å². The number of hydrogen-bond donors (Lipinski definition) is 3. The van der Waals surface area contributed by atoms with Crippen LogP contribution >= 0.6 is 0 Å². The van der Waals surface area contributed by atoms with Gasteiger partial charge in [0.2, 0.25) is 11.8 Å². The Morgan fingerprint density at radius 1 is 1.24 bits per heavy atom. The summed E-state index contributed by atoms with van der Waals surface area (Å²) in [6.07, 6.45) is 0.858. The molecule has 0 spiro atoms. The maximum atomic E-state index is 12.6. The zero-order valence-electron chi connectivity index (χ0n) is 20.2. The van der Waals surface area contributed by atoms with E-state index in [4.69, 9.17) is 9.47 Å². The van der Waals surface area contributed by atoms with Gasteiger partial charge in [0.15, 0.2) is 0 Å². The predicted octanol–water partition coefficient (Wildman–Crippen LogP) is -0.245. The molecule has 11 nitrogen and oxygen atoms in total. The zero-order valence-corrected chi connectivity index (χ0v) is 20.2. The molecule has 1 aliphatic rings. The van der Waals surface area contributed by atoms with Gasteiger partial charge < -0.3 is 29.9 Å². The van der Waals surface area contributed by atoms with Gasteiger partial charge in [0.25, 0.3) is 0 Å².